The van der Waals surface area contributed by atoms with Crippen LogP contribution in [-0.2, 0) is 9.59 Å². The van der Waals surface area contributed by atoms with Gasteiger partial charge in [0.15, 0.2) is 5.78 Å². The van der Waals surface area contributed by atoms with E-state index in [2.05, 4.69) is 52.8 Å². The molecule has 0 radical (unpaired) electrons. The van der Waals surface area contributed by atoms with Crippen LogP contribution in [0.15, 0.2) is 16.8 Å². The van der Waals surface area contributed by atoms with Crippen LogP contribution in [0.3, 0.4) is 0 Å². The van der Waals surface area contributed by atoms with Crippen molar-refractivity contribution in [2.45, 2.75) is 99.8 Å². The number of ketones is 1. The van der Waals surface area contributed by atoms with E-state index < -0.39 is 16.8 Å². The van der Waals surface area contributed by atoms with E-state index in [9.17, 15) is 19.9 Å². The fraction of sp³-hybridized carbons (Fsp3) is 0.833. The van der Waals surface area contributed by atoms with E-state index in [1.54, 1.807) is 6.92 Å². The number of carbonyl (C=O) groups is 2. The Morgan fingerprint density at radius 2 is 1.69 bits per heavy atom. The Balaban J connectivity index is 1.66. The van der Waals surface area contributed by atoms with E-state index in [0.717, 1.165) is 19.3 Å². The molecule has 0 aromatic rings. The number of carbonyl (C=O) groups excluding carboxylic acids is 1. The molecule has 2 N–H and O–H groups in total. The fourth-order valence-corrected chi connectivity index (χ4v) is 10.6. The van der Waals surface area contributed by atoms with Gasteiger partial charge in [0.1, 0.15) is 5.41 Å². The van der Waals surface area contributed by atoms with Gasteiger partial charge in [0.25, 0.3) is 0 Å². The highest BCUT2D eigenvalue weighted by atomic mass is 16.4. The Morgan fingerprint density at radius 3 is 2.31 bits per heavy atom. The van der Waals surface area contributed by atoms with Gasteiger partial charge in [-0.1, -0.05) is 52.3 Å². The van der Waals surface area contributed by atoms with Gasteiger partial charge in [-0.25, -0.2) is 0 Å². The second kappa shape index (κ2) is 7.44. The molecule has 5 rings (SSSR count). The second-order valence-corrected chi connectivity index (χ2v) is 14.3. The monoisotopic (exact) mass is 483 g/mol. The Labute approximate surface area is 210 Å². The third kappa shape index (κ3) is 2.84. The Bertz CT molecular complexity index is 1030. The Morgan fingerprint density at radius 1 is 1.00 bits per heavy atom. The standard InChI is InChI=1S/C30H45NO4/c1-17-8-11-26(3)14-15-28(5)19(23(26)18(17)2)16-20(32)24-27(4)12-10-22(31-35)30(7,25(33)34)21(27)9-13-29(24,28)6/h16-18,21,23-24,35H,8-15H2,1-7H3,(H,33,34)/b31-22+/t17-,18+,21?,23?,24?,26-,27+,28-,29-,30-/m1/s1. The smallest absolute Gasteiger partial charge is 0.315 e. The number of carboxylic acid groups (broad SMARTS) is 1. The number of hydrogen-bond acceptors (Lipinski definition) is 4. The van der Waals surface area contributed by atoms with E-state index in [1.165, 1.54) is 24.8 Å². The normalized spacial score (nSPS) is 54.7. The van der Waals surface area contributed by atoms with Crippen molar-refractivity contribution in [3.8, 4) is 0 Å². The molecule has 3 unspecified atom stereocenters. The first-order valence-corrected chi connectivity index (χ1v) is 13.9. The number of carboxylic acids is 1. The van der Waals surface area contributed by atoms with Crippen molar-refractivity contribution >= 4 is 17.5 Å². The summed E-state index contributed by atoms with van der Waals surface area (Å²) in [5.74, 6) is 0.523. The zero-order valence-corrected chi connectivity index (χ0v) is 22.8. The lowest BCUT2D eigenvalue weighted by Gasteiger charge is -2.70. The van der Waals surface area contributed by atoms with Crippen LogP contribution in [0.2, 0.25) is 0 Å². The lowest BCUT2D eigenvalue weighted by atomic mass is 9.33. The Kier molecular flexibility index (Phi) is 5.32. The number of rotatable bonds is 1. The number of nitrogens with zero attached hydrogens (tertiary/aromatic N) is 1. The van der Waals surface area contributed by atoms with Gasteiger partial charge in [0, 0.05) is 5.92 Å². The average Bonchev–Trinajstić information content (AvgIpc) is 2.78. The second-order valence-electron chi connectivity index (χ2n) is 14.3. The molecule has 0 amide bonds. The lowest BCUT2D eigenvalue weighted by molar-refractivity contribution is -0.184. The predicted molar refractivity (Wildman–Crippen MR) is 136 cm³/mol. The van der Waals surface area contributed by atoms with Crippen LogP contribution >= 0.6 is 0 Å². The molecule has 5 aliphatic rings. The van der Waals surface area contributed by atoms with Crippen LogP contribution in [0.25, 0.3) is 0 Å². The molecule has 4 saturated carbocycles. The summed E-state index contributed by atoms with van der Waals surface area (Å²) in [6.45, 7) is 16.0. The highest BCUT2D eigenvalue weighted by Gasteiger charge is 2.71. The van der Waals surface area contributed by atoms with Gasteiger partial charge in [0.2, 0.25) is 0 Å². The molecule has 0 aromatic heterocycles. The number of hydrogen-bond donors (Lipinski definition) is 2. The topological polar surface area (TPSA) is 87.0 Å². The summed E-state index contributed by atoms with van der Waals surface area (Å²) < 4.78 is 0. The summed E-state index contributed by atoms with van der Waals surface area (Å²) in [5, 5.41) is 23.5. The highest BCUT2D eigenvalue weighted by Crippen LogP contribution is 2.74. The summed E-state index contributed by atoms with van der Waals surface area (Å²) in [5.41, 5.74) is 0.0935. The van der Waals surface area contributed by atoms with Crippen molar-refractivity contribution in [3.63, 3.8) is 0 Å². The molecule has 5 aliphatic carbocycles. The SMILES string of the molecule is C[C@@H]1CC[C@]2(C)CC[C@]3(C)C(=CC(=O)C4[C@@]5(C)CC/C(=N\O)[C@](C)(C(=O)O)C5CC[C@]43C)C2[C@H]1C. The first-order valence-electron chi connectivity index (χ1n) is 13.9. The molecule has 194 valence electrons. The Hall–Kier alpha value is -1.65. The van der Waals surface area contributed by atoms with Crippen molar-refractivity contribution in [2.24, 2.45) is 61.8 Å². The van der Waals surface area contributed by atoms with Crippen LogP contribution in [0.4, 0.5) is 0 Å². The molecule has 0 aliphatic heterocycles. The number of oxime groups is 1. The summed E-state index contributed by atoms with van der Waals surface area (Å²) in [6, 6.07) is 0. The van der Waals surface area contributed by atoms with Gasteiger partial charge < -0.3 is 10.3 Å². The quantitative estimate of drug-likeness (QED) is 0.319. The molecular formula is C30H45NO4. The molecule has 4 fully saturated rings. The van der Waals surface area contributed by atoms with Crippen LogP contribution < -0.4 is 0 Å². The summed E-state index contributed by atoms with van der Waals surface area (Å²) in [4.78, 5) is 26.9. The fourth-order valence-electron chi connectivity index (χ4n) is 10.6. The molecule has 0 spiro atoms. The molecular weight excluding hydrogens is 438 g/mol. The summed E-state index contributed by atoms with van der Waals surface area (Å²) in [7, 11) is 0. The minimum absolute atomic E-state index is 0.0555. The largest absolute Gasteiger partial charge is 0.481 e. The zero-order chi connectivity index (χ0) is 25.8. The summed E-state index contributed by atoms with van der Waals surface area (Å²) in [6.07, 6.45) is 9.58. The van der Waals surface area contributed by atoms with E-state index in [-0.39, 0.29) is 33.9 Å². The average molecular weight is 484 g/mol. The van der Waals surface area contributed by atoms with E-state index in [1.807, 2.05) is 0 Å². The predicted octanol–water partition coefficient (Wildman–Crippen LogP) is 6.74. The maximum atomic E-state index is 14.3. The van der Waals surface area contributed by atoms with Crippen LogP contribution in [0.5, 0.6) is 0 Å². The van der Waals surface area contributed by atoms with Crippen molar-refractivity contribution < 1.29 is 19.9 Å². The molecule has 5 nitrogen and oxygen atoms in total. The molecule has 0 aromatic carbocycles. The maximum absolute atomic E-state index is 14.3. The van der Waals surface area contributed by atoms with Crippen molar-refractivity contribution in [1.29, 1.82) is 0 Å². The maximum Gasteiger partial charge on any atom is 0.315 e. The molecule has 10 atom stereocenters. The molecule has 5 heteroatoms. The van der Waals surface area contributed by atoms with Crippen molar-refractivity contribution in [1.82, 2.24) is 0 Å². The first kappa shape index (κ1) is 25.0. The van der Waals surface area contributed by atoms with Crippen LogP contribution in [0.1, 0.15) is 99.8 Å². The molecule has 0 bridgehead atoms. The van der Waals surface area contributed by atoms with Gasteiger partial charge in [-0.3, -0.25) is 9.59 Å². The van der Waals surface area contributed by atoms with E-state index >= 15 is 0 Å². The molecule has 0 saturated heterocycles. The lowest BCUT2D eigenvalue weighted by Crippen LogP contribution is -2.67. The van der Waals surface area contributed by atoms with Gasteiger partial charge in [-0.05, 0) is 110 Å². The van der Waals surface area contributed by atoms with Crippen molar-refractivity contribution in [2.75, 3.05) is 0 Å². The first-order chi connectivity index (χ1) is 16.2. The van der Waals surface area contributed by atoms with Crippen LogP contribution in [0, 0.1) is 56.7 Å². The zero-order valence-electron chi connectivity index (χ0n) is 22.8. The van der Waals surface area contributed by atoms with Crippen LogP contribution in [-0.4, -0.2) is 27.8 Å². The number of fused-ring (bicyclic) bond motifs is 7. The molecule has 35 heavy (non-hydrogen) atoms. The van der Waals surface area contributed by atoms with Crippen molar-refractivity contribution in [3.05, 3.63) is 11.6 Å². The van der Waals surface area contributed by atoms with Gasteiger partial charge in [-0.2, -0.15) is 0 Å². The highest BCUT2D eigenvalue weighted by molar-refractivity contribution is 6.07. The van der Waals surface area contributed by atoms with E-state index in [4.69, 9.17) is 0 Å². The van der Waals surface area contributed by atoms with Gasteiger partial charge in [0.05, 0.1) is 5.71 Å². The number of aliphatic carboxylic acids is 1. The minimum atomic E-state index is -1.24. The van der Waals surface area contributed by atoms with Gasteiger partial charge >= 0.3 is 5.97 Å². The third-order valence-corrected chi connectivity index (χ3v) is 13.2. The number of allylic oxidation sites excluding steroid dienone is 2. The van der Waals surface area contributed by atoms with Gasteiger partial charge in [-0.15, -0.1) is 0 Å². The minimum Gasteiger partial charge on any atom is -0.481 e. The third-order valence-electron chi connectivity index (χ3n) is 13.2. The van der Waals surface area contributed by atoms with E-state index in [0.29, 0.717) is 36.3 Å². The molecule has 0 heterocycles. The summed E-state index contributed by atoms with van der Waals surface area (Å²) >= 11 is 0.